The fraction of sp³-hybridized carbons (Fsp3) is 0.562. The van der Waals surface area contributed by atoms with E-state index in [4.69, 9.17) is 0 Å². The first kappa shape index (κ1) is 13.4. The maximum Gasteiger partial charge on any atom is 0.257 e. The van der Waals surface area contributed by atoms with Crippen LogP contribution in [0.25, 0.3) is 0 Å². The van der Waals surface area contributed by atoms with Crippen LogP contribution in [0, 0.1) is 11.8 Å². The Morgan fingerprint density at radius 1 is 1.30 bits per heavy atom. The molecule has 4 atom stereocenters. The van der Waals surface area contributed by atoms with E-state index in [2.05, 4.69) is 31.0 Å². The highest BCUT2D eigenvalue weighted by Crippen LogP contribution is 2.37. The Bertz CT molecular complexity index is 543. The minimum absolute atomic E-state index is 0.328. The van der Waals surface area contributed by atoms with E-state index in [1.807, 2.05) is 18.2 Å². The average molecular weight is 274 g/mol. The van der Waals surface area contributed by atoms with Crippen LogP contribution in [0.4, 0.5) is 11.4 Å². The van der Waals surface area contributed by atoms with Crippen molar-refractivity contribution in [2.75, 3.05) is 16.8 Å². The van der Waals surface area contributed by atoms with E-state index >= 15 is 0 Å². The number of carbonyl (C=O) groups is 1. The molecule has 0 aliphatic carbocycles. The fourth-order valence-corrected chi connectivity index (χ4v) is 3.47. The van der Waals surface area contributed by atoms with Crippen LogP contribution < -0.4 is 10.2 Å². The molecular weight excluding hydrogens is 252 g/mol. The Morgan fingerprint density at radius 2 is 2.05 bits per heavy atom. The molecule has 1 fully saturated rings. The lowest BCUT2D eigenvalue weighted by Gasteiger charge is -2.42. The molecule has 0 saturated carbocycles. The van der Waals surface area contributed by atoms with Crippen LogP contribution in [0.1, 0.15) is 38.9 Å². The number of aliphatic hydroxyl groups is 1. The molecule has 2 aliphatic heterocycles. The lowest BCUT2D eigenvalue weighted by atomic mass is 9.85. The van der Waals surface area contributed by atoms with Crippen molar-refractivity contribution in [2.24, 2.45) is 11.8 Å². The molecule has 2 heterocycles. The molecule has 0 spiro atoms. The van der Waals surface area contributed by atoms with Crippen LogP contribution >= 0.6 is 0 Å². The maximum absolute atomic E-state index is 11.5. The molecule has 1 amide bonds. The molecule has 0 bridgehead atoms. The second-order valence-corrected chi connectivity index (χ2v) is 6.37. The molecule has 2 aliphatic rings. The number of hydrogen-bond acceptors (Lipinski definition) is 3. The number of piperidine rings is 1. The highest BCUT2D eigenvalue weighted by atomic mass is 16.3. The van der Waals surface area contributed by atoms with Crippen molar-refractivity contribution in [2.45, 2.75) is 39.3 Å². The first-order chi connectivity index (χ1) is 9.47. The molecule has 1 saturated heterocycles. The summed E-state index contributed by atoms with van der Waals surface area (Å²) in [4.78, 5) is 13.9. The number of nitrogens with zero attached hydrogens (tertiary/aromatic N) is 1. The van der Waals surface area contributed by atoms with Crippen molar-refractivity contribution in [3.05, 3.63) is 23.8 Å². The van der Waals surface area contributed by atoms with E-state index in [0.29, 0.717) is 23.4 Å². The first-order valence-electron chi connectivity index (χ1n) is 7.37. The Hall–Kier alpha value is -1.55. The van der Waals surface area contributed by atoms with Crippen molar-refractivity contribution in [1.29, 1.82) is 0 Å². The van der Waals surface area contributed by atoms with E-state index < -0.39 is 6.10 Å². The van der Waals surface area contributed by atoms with Crippen LogP contribution in [-0.2, 0) is 4.79 Å². The van der Waals surface area contributed by atoms with E-state index in [1.54, 1.807) is 0 Å². The smallest absolute Gasteiger partial charge is 0.257 e. The molecular formula is C16H22N2O2. The van der Waals surface area contributed by atoms with E-state index in [0.717, 1.165) is 17.9 Å². The topological polar surface area (TPSA) is 52.6 Å². The summed E-state index contributed by atoms with van der Waals surface area (Å²) in [7, 11) is 0. The zero-order chi connectivity index (χ0) is 14.4. The molecule has 4 heteroatoms. The third kappa shape index (κ3) is 2.08. The van der Waals surface area contributed by atoms with Gasteiger partial charge in [0.05, 0.1) is 0 Å². The standard InChI is InChI=1S/C16H22N2O2/c1-9-6-10(2)11(3)18(8-9)12-4-5-13-14(7-12)17-16(20)15(13)19/h4-5,7,9-11,15,19H,6,8H2,1-3H3,(H,17,20). The Balaban J connectivity index is 1.92. The number of fused-ring (bicyclic) bond motifs is 1. The number of aliphatic hydroxyl groups excluding tert-OH is 1. The summed E-state index contributed by atoms with van der Waals surface area (Å²) in [5.74, 6) is 1.01. The van der Waals surface area contributed by atoms with Crippen molar-refractivity contribution in [1.82, 2.24) is 0 Å². The summed E-state index contributed by atoms with van der Waals surface area (Å²) < 4.78 is 0. The van der Waals surface area contributed by atoms with Gasteiger partial charge in [0.1, 0.15) is 0 Å². The molecule has 20 heavy (non-hydrogen) atoms. The number of anilines is 2. The third-order valence-corrected chi connectivity index (χ3v) is 4.77. The summed E-state index contributed by atoms with van der Waals surface area (Å²) in [5, 5.41) is 12.5. The molecule has 1 aromatic rings. The van der Waals surface area contributed by atoms with Crippen LogP contribution in [-0.4, -0.2) is 23.6 Å². The SMILES string of the molecule is CC1CC(C)C(C)N(c2ccc3c(c2)NC(=O)C3O)C1. The van der Waals surface area contributed by atoms with Gasteiger partial charge in [-0.25, -0.2) is 0 Å². The van der Waals surface area contributed by atoms with Crippen molar-refractivity contribution in [3.8, 4) is 0 Å². The average Bonchev–Trinajstić information content (AvgIpc) is 2.69. The summed E-state index contributed by atoms with van der Waals surface area (Å²) in [6.45, 7) is 7.89. The van der Waals surface area contributed by atoms with Gasteiger partial charge in [0.2, 0.25) is 0 Å². The number of benzene rings is 1. The zero-order valence-corrected chi connectivity index (χ0v) is 12.3. The normalized spacial score (nSPS) is 33.0. The lowest BCUT2D eigenvalue weighted by molar-refractivity contribution is -0.123. The van der Waals surface area contributed by atoms with Crippen LogP contribution in [0.3, 0.4) is 0 Å². The largest absolute Gasteiger partial charge is 0.378 e. The number of hydrogen-bond donors (Lipinski definition) is 2. The van der Waals surface area contributed by atoms with Gasteiger partial charge in [-0.1, -0.05) is 19.9 Å². The summed E-state index contributed by atoms with van der Waals surface area (Å²) in [5.41, 5.74) is 2.56. The first-order valence-corrected chi connectivity index (χ1v) is 7.37. The third-order valence-electron chi connectivity index (χ3n) is 4.77. The Morgan fingerprint density at radius 3 is 2.80 bits per heavy atom. The number of nitrogens with one attached hydrogen (secondary N) is 1. The zero-order valence-electron chi connectivity index (χ0n) is 12.3. The minimum atomic E-state index is -1.02. The van der Waals surface area contributed by atoms with Gasteiger partial charge in [-0.15, -0.1) is 0 Å². The Kier molecular flexibility index (Phi) is 3.21. The van der Waals surface area contributed by atoms with Gasteiger partial charge in [-0.05, 0) is 37.3 Å². The Labute approximate surface area is 119 Å². The fourth-order valence-electron chi connectivity index (χ4n) is 3.47. The number of carbonyl (C=O) groups excluding carboxylic acids is 1. The van der Waals surface area contributed by atoms with E-state index in [1.165, 1.54) is 6.42 Å². The molecule has 108 valence electrons. The summed E-state index contributed by atoms with van der Waals surface area (Å²) >= 11 is 0. The highest BCUT2D eigenvalue weighted by molar-refractivity contribution is 6.02. The lowest BCUT2D eigenvalue weighted by Crippen LogP contribution is -2.45. The summed E-state index contributed by atoms with van der Waals surface area (Å²) in [6, 6.07) is 6.37. The monoisotopic (exact) mass is 274 g/mol. The summed E-state index contributed by atoms with van der Waals surface area (Å²) in [6.07, 6.45) is 0.244. The van der Waals surface area contributed by atoms with Crippen molar-refractivity contribution in [3.63, 3.8) is 0 Å². The van der Waals surface area contributed by atoms with Crippen molar-refractivity contribution < 1.29 is 9.90 Å². The molecule has 2 N–H and O–H groups in total. The maximum atomic E-state index is 11.5. The quantitative estimate of drug-likeness (QED) is 0.827. The van der Waals surface area contributed by atoms with Crippen LogP contribution in [0.15, 0.2) is 18.2 Å². The van der Waals surface area contributed by atoms with Gasteiger partial charge in [0.15, 0.2) is 6.10 Å². The molecule has 1 aromatic carbocycles. The van der Waals surface area contributed by atoms with Gasteiger partial charge in [0, 0.05) is 29.5 Å². The molecule has 4 nitrogen and oxygen atoms in total. The van der Waals surface area contributed by atoms with Gasteiger partial charge in [0.25, 0.3) is 5.91 Å². The van der Waals surface area contributed by atoms with Crippen LogP contribution in [0.5, 0.6) is 0 Å². The number of amides is 1. The predicted molar refractivity (Wildman–Crippen MR) is 79.8 cm³/mol. The van der Waals surface area contributed by atoms with Gasteiger partial charge >= 0.3 is 0 Å². The predicted octanol–water partition coefficient (Wildman–Crippen LogP) is 2.54. The van der Waals surface area contributed by atoms with Gasteiger partial charge < -0.3 is 15.3 Å². The van der Waals surface area contributed by atoms with E-state index in [-0.39, 0.29) is 5.91 Å². The number of rotatable bonds is 1. The van der Waals surface area contributed by atoms with Crippen LogP contribution in [0.2, 0.25) is 0 Å². The highest BCUT2D eigenvalue weighted by Gasteiger charge is 2.32. The second kappa shape index (κ2) is 4.77. The van der Waals surface area contributed by atoms with Crippen molar-refractivity contribution >= 4 is 17.3 Å². The molecule has 0 aromatic heterocycles. The van der Waals surface area contributed by atoms with Gasteiger partial charge in [-0.3, -0.25) is 4.79 Å². The molecule has 4 unspecified atom stereocenters. The molecule has 3 rings (SSSR count). The molecule has 0 radical (unpaired) electrons. The second-order valence-electron chi connectivity index (χ2n) is 6.37. The van der Waals surface area contributed by atoms with E-state index in [9.17, 15) is 9.90 Å². The minimum Gasteiger partial charge on any atom is -0.378 e. The van der Waals surface area contributed by atoms with Gasteiger partial charge in [-0.2, -0.15) is 0 Å².